The number of para-hydroxylation sites is 1. The lowest BCUT2D eigenvalue weighted by atomic mass is 9.84. The van der Waals surface area contributed by atoms with Gasteiger partial charge in [0.05, 0.1) is 0 Å². The van der Waals surface area contributed by atoms with Crippen LogP contribution in [0.1, 0.15) is 44.4 Å². The van der Waals surface area contributed by atoms with Crippen molar-refractivity contribution in [1.82, 2.24) is 0 Å². The van der Waals surface area contributed by atoms with Gasteiger partial charge >= 0.3 is 0 Å². The van der Waals surface area contributed by atoms with Gasteiger partial charge in [-0.2, -0.15) is 0 Å². The van der Waals surface area contributed by atoms with Gasteiger partial charge in [0.1, 0.15) is 11.4 Å². The van der Waals surface area contributed by atoms with Crippen LogP contribution in [-0.4, -0.2) is 5.60 Å². The highest BCUT2D eigenvalue weighted by Gasteiger charge is 2.32. The topological polar surface area (TPSA) is 9.23 Å². The average Bonchev–Trinajstić information content (AvgIpc) is 2.65. The van der Waals surface area contributed by atoms with Crippen molar-refractivity contribution in [2.24, 2.45) is 0 Å². The van der Waals surface area contributed by atoms with Crippen molar-refractivity contribution in [3.63, 3.8) is 0 Å². The summed E-state index contributed by atoms with van der Waals surface area (Å²) in [6.45, 7) is 8.00. The molecule has 1 heterocycles. The first-order chi connectivity index (χ1) is 11.3. The van der Waals surface area contributed by atoms with Crippen LogP contribution in [0.4, 0.5) is 0 Å². The van der Waals surface area contributed by atoms with Gasteiger partial charge in [-0.25, -0.2) is 0 Å². The molecule has 23 heavy (non-hydrogen) atoms. The van der Waals surface area contributed by atoms with Gasteiger partial charge in [-0.3, -0.25) is 0 Å². The van der Waals surface area contributed by atoms with Crippen molar-refractivity contribution < 1.29 is 4.74 Å². The number of fused-ring (bicyclic) bond motifs is 2. The Morgan fingerprint density at radius 3 is 2.04 bits per heavy atom. The largest absolute Gasteiger partial charge is 0.478 e. The molecule has 1 heteroatoms. The maximum Gasteiger partial charge on any atom is 0.150 e. The van der Waals surface area contributed by atoms with E-state index >= 15 is 0 Å². The zero-order chi connectivity index (χ0) is 16.7. The van der Waals surface area contributed by atoms with Gasteiger partial charge < -0.3 is 4.74 Å². The lowest BCUT2D eigenvalue weighted by Crippen LogP contribution is -2.37. The zero-order valence-corrected chi connectivity index (χ0v) is 14.5. The third kappa shape index (κ3) is 3.56. The monoisotopic (exact) mass is 306 g/mol. The minimum Gasteiger partial charge on any atom is -0.478 e. The Bertz CT molecular complexity index is 633. The fourth-order valence-electron chi connectivity index (χ4n) is 2.81. The molecule has 1 nitrogen and oxygen atoms in total. The summed E-state index contributed by atoms with van der Waals surface area (Å²) in [5, 5.41) is 0. The second-order valence-electron chi connectivity index (χ2n) is 5.14. The molecule has 2 aliphatic rings. The van der Waals surface area contributed by atoms with Crippen LogP contribution in [0.5, 0.6) is 5.75 Å². The van der Waals surface area contributed by atoms with Crippen LogP contribution < -0.4 is 4.74 Å². The van der Waals surface area contributed by atoms with Crippen LogP contribution in [0.15, 0.2) is 60.7 Å². The molecule has 0 fully saturated rings. The Hall–Kier alpha value is -2.28. The summed E-state index contributed by atoms with van der Waals surface area (Å²) in [7, 11) is 0. The highest BCUT2D eigenvalue weighted by Crippen LogP contribution is 2.37. The maximum atomic E-state index is 6.24. The molecule has 1 unspecified atom stereocenters. The van der Waals surface area contributed by atoms with Crippen molar-refractivity contribution >= 4 is 12.2 Å². The number of hydrogen-bond donors (Lipinski definition) is 0. The minimum absolute atomic E-state index is 0.317. The number of hydrogen-bond acceptors (Lipinski definition) is 1. The van der Waals surface area contributed by atoms with Crippen molar-refractivity contribution in [2.75, 3.05) is 0 Å². The summed E-state index contributed by atoms with van der Waals surface area (Å²) in [6, 6.07) is 16.7. The molecular weight excluding hydrogens is 280 g/mol. The van der Waals surface area contributed by atoms with E-state index in [1.807, 2.05) is 45.9 Å². The molecule has 120 valence electrons. The van der Waals surface area contributed by atoms with Crippen LogP contribution in [0.2, 0.25) is 0 Å². The Morgan fingerprint density at radius 2 is 1.30 bits per heavy atom. The van der Waals surface area contributed by atoms with E-state index in [0.717, 1.165) is 17.7 Å². The molecule has 0 N–H and O–H groups in total. The van der Waals surface area contributed by atoms with Crippen molar-refractivity contribution in [3.05, 3.63) is 77.4 Å². The quantitative estimate of drug-likeness (QED) is 0.567. The van der Waals surface area contributed by atoms with Gasteiger partial charge in [-0.1, -0.05) is 82.3 Å². The first-order valence-corrected chi connectivity index (χ1v) is 8.59. The average molecular weight is 306 g/mol. The van der Waals surface area contributed by atoms with Gasteiger partial charge in [0.25, 0.3) is 0 Å². The highest BCUT2D eigenvalue weighted by atomic mass is 16.5. The van der Waals surface area contributed by atoms with Crippen LogP contribution in [-0.2, 0) is 6.42 Å². The third-order valence-corrected chi connectivity index (χ3v) is 3.83. The maximum absolute atomic E-state index is 6.24. The smallest absolute Gasteiger partial charge is 0.150 e. The van der Waals surface area contributed by atoms with Crippen LogP contribution in [0.3, 0.4) is 0 Å². The molecule has 1 spiro atoms. The molecule has 0 aromatic heterocycles. The van der Waals surface area contributed by atoms with E-state index in [1.165, 1.54) is 11.1 Å². The summed E-state index contributed by atoms with van der Waals surface area (Å²) >= 11 is 0. The molecule has 1 aliphatic heterocycles. The summed E-state index contributed by atoms with van der Waals surface area (Å²) in [5.41, 5.74) is 3.47. The molecule has 1 atom stereocenters. The van der Waals surface area contributed by atoms with Crippen LogP contribution in [0, 0.1) is 0 Å². The molecule has 0 radical (unpaired) electrons. The van der Waals surface area contributed by atoms with Crippen LogP contribution in [0.25, 0.3) is 12.2 Å². The Morgan fingerprint density at radius 1 is 0.739 bits per heavy atom. The predicted molar refractivity (Wildman–Crippen MR) is 101 cm³/mol. The molecule has 0 amide bonds. The van der Waals surface area contributed by atoms with E-state index < -0.39 is 0 Å². The fourth-order valence-corrected chi connectivity index (χ4v) is 2.81. The van der Waals surface area contributed by atoms with Gasteiger partial charge in [-0.15, -0.1) is 0 Å². The minimum atomic E-state index is -0.317. The van der Waals surface area contributed by atoms with Gasteiger partial charge in [0.2, 0.25) is 0 Å². The summed E-state index contributed by atoms with van der Waals surface area (Å²) in [4.78, 5) is 0. The summed E-state index contributed by atoms with van der Waals surface area (Å²) < 4.78 is 6.24. The number of benzene rings is 2. The van der Waals surface area contributed by atoms with E-state index in [-0.39, 0.29) is 5.60 Å². The molecule has 0 bridgehead atoms. The van der Waals surface area contributed by atoms with Crippen molar-refractivity contribution in [2.45, 2.75) is 39.7 Å². The zero-order valence-electron chi connectivity index (χ0n) is 14.5. The Labute approximate surface area is 140 Å². The molecule has 0 saturated heterocycles. The van der Waals surface area contributed by atoms with E-state index in [0.29, 0.717) is 0 Å². The van der Waals surface area contributed by atoms with Gasteiger partial charge in [0, 0.05) is 12.0 Å². The molecule has 4 rings (SSSR count). The van der Waals surface area contributed by atoms with E-state index in [4.69, 9.17) is 4.74 Å². The van der Waals surface area contributed by atoms with Crippen molar-refractivity contribution in [3.8, 4) is 5.75 Å². The highest BCUT2D eigenvalue weighted by molar-refractivity contribution is 5.66. The van der Waals surface area contributed by atoms with E-state index in [9.17, 15) is 0 Å². The first-order valence-electron chi connectivity index (χ1n) is 8.59. The molecule has 2 aromatic carbocycles. The summed E-state index contributed by atoms with van der Waals surface area (Å²) in [6.07, 6.45) is 9.56. The lowest BCUT2D eigenvalue weighted by molar-refractivity contribution is 0.168. The fraction of sp³-hybridized carbons (Fsp3) is 0.273. The summed E-state index contributed by atoms with van der Waals surface area (Å²) in [5.74, 6) is 0.967. The van der Waals surface area contributed by atoms with Crippen LogP contribution >= 0.6 is 0 Å². The molecule has 0 saturated carbocycles. The van der Waals surface area contributed by atoms with E-state index in [2.05, 4.69) is 54.6 Å². The molecule has 1 aliphatic carbocycles. The standard InChI is InChI=1S/C18H14O.2C2H6/c1-2-7-16-13-18(11-9-14(16)5-1)12-10-15-6-3-4-8-17(15)19-18;2*1-2/h1-12H,13H2;2*1-2H3. The second-order valence-corrected chi connectivity index (χ2v) is 5.14. The molecule has 2 aromatic rings. The predicted octanol–water partition coefficient (Wildman–Crippen LogP) is 6.15. The normalized spacial score (nSPS) is 19.3. The molecular formula is C22H26O. The second kappa shape index (κ2) is 7.82. The first kappa shape index (κ1) is 17.1. The third-order valence-electron chi connectivity index (χ3n) is 3.83. The SMILES string of the molecule is C1=CC2(C=Cc3ccccc3O2)Cc2ccccc21.CC.CC. The van der Waals surface area contributed by atoms with E-state index in [1.54, 1.807) is 0 Å². The van der Waals surface area contributed by atoms with Crippen molar-refractivity contribution in [1.29, 1.82) is 0 Å². The Balaban J connectivity index is 0.000000448. The van der Waals surface area contributed by atoms with Gasteiger partial charge in [0.15, 0.2) is 0 Å². The number of rotatable bonds is 0. The Kier molecular flexibility index (Phi) is 5.81. The van der Waals surface area contributed by atoms with Gasteiger partial charge in [-0.05, 0) is 29.3 Å². The number of ether oxygens (including phenoxy) is 1. The lowest BCUT2D eigenvalue weighted by Gasteiger charge is -2.35.